The number of benzene rings is 1. The van der Waals surface area contributed by atoms with Gasteiger partial charge in [0.1, 0.15) is 11.5 Å². The number of rotatable bonds is 6. The van der Waals surface area contributed by atoms with Crippen molar-refractivity contribution in [2.24, 2.45) is 0 Å². The number of nitrogens with zero attached hydrogens (tertiary/aromatic N) is 2. The molecule has 0 radical (unpaired) electrons. The molecule has 2 aromatic rings. The fraction of sp³-hybridized carbons (Fsp3) is 0.421. The molecule has 134 valence electrons. The van der Waals surface area contributed by atoms with Crippen LogP contribution in [0.5, 0.6) is 11.5 Å². The van der Waals surface area contributed by atoms with E-state index in [1.165, 1.54) is 0 Å². The molecule has 1 fully saturated rings. The molecule has 6 heteroatoms. The number of hydrogen-bond donors (Lipinski definition) is 0. The summed E-state index contributed by atoms with van der Waals surface area (Å²) in [5.41, 5.74) is 2.22. The van der Waals surface area contributed by atoms with Crippen LogP contribution in [-0.4, -0.2) is 56.1 Å². The SMILES string of the molecule is COc1ccc(OC)c(CN2CCN(C(=O)Cc3ccsc3)CC2)c1. The third-order valence-corrected chi connectivity index (χ3v) is 5.27. The fourth-order valence-corrected chi connectivity index (χ4v) is 3.75. The molecule has 5 nitrogen and oxygen atoms in total. The van der Waals surface area contributed by atoms with Crippen LogP contribution in [0.25, 0.3) is 0 Å². The molecule has 0 saturated carbocycles. The lowest BCUT2D eigenvalue weighted by Gasteiger charge is -2.35. The first-order chi connectivity index (χ1) is 12.2. The number of methoxy groups -OCH3 is 2. The lowest BCUT2D eigenvalue weighted by Crippen LogP contribution is -2.48. The zero-order chi connectivity index (χ0) is 17.6. The van der Waals surface area contributed by atoms with Gasteiger partial charge >= 0.3 is 0 Å². The molecule has 0 atom stereocenters. The van der Waals surface area contributed by atoms with Gasteiger partial charge in [0, 0.05) is 38.3 Å². The van der Waals surface area contributed by atoms with Crippen molar-refractivity contribution in [3.8, 4) is 11.5 Å². The van der Waals surface area contributed by atoms with E-state index < -0.39 is 0 Å². The second-order valence-electron chi connectivity index (χ2n) is 6.14. The van der Waals surface area contributed by atoms with E-state index >= 15 is 0 Å². The average molecular weight is 360 g/mol. The molecule has 0 spiro atoms. The number of ether oxygens (including phenoxy) is 2. The van der Waals surface area contributed by atoms with Crippen molar-refractivity contribution in [3.63, 3.8) is 0 Å². The first kappa shape index (κ1) is 17.8. The van der Waals surface area contributed by atoms with Crippen LogP contribution in [0.15, 0.2) is 35.0 Å². The first-order valence-corrected chi connectivity index (χ1v) is 9.36. The minimum atomic E-state index is 0.219. The van der Waals surface area contributed by atoms with Gasteiger partial charge in [-0.2, -0.15) is 11.3 Å². The van der Waals surface area contributed by atoms with Crippen molar-refractivity contribution in [2.75, 3.05) is 40.4 Å². The molecule has 2 heterocycles. The Labute approximate surface area is 152 Å². The van der Waals surface area contributed by atoms with Crippen LogP contribution in [0.1, 0.15) is 11.1 Å². The van der Waals surface area contributed by atoms with Gasteiger partial charge < -0.3 is 14.4 Å². The van der Waals surface area contributed by atoms with Crippen LogP contribution in [0.3, 0.4) is 0 Å². The van der Waals surface area contributed by atoms with Gasteiger partial charge in [-0.05, 0) is 40.6 Å². The molecule has 1 amide bonds. The van der Waals surface area contributed by atoms with Crippen molar-refractivity contribution < 1.29 is 14.3 Å². The molecule has 25 heavy (non-hydrogen) atoms. The zero-order valence-corrected chi connectivity index (χ0v) is 15.6. The Hall–Kier alpha value is -2.05. The summed E-state index contributed by atoms with van der Waals surface area (Å²) < 4.78 is 10.8. The van der Waals surface area contributed by atoms with Gasteiger partial charge in [0.25, 0.3) is 0 Å². The third kappa shape index (κ3) is 4.52. The maximum absolute atomic E-state index is 12.4. The monoisotopic (exact) mass is 360 g/mol. The van der Waals surface area contributed by atoms with E-state index in [4.69, 9.17) is 9.47 Å². The first-order valence-electron chi connectivity index (χ1n) is 8.41. The van der Waals surface area contributed by atoms with Gasteiger partial charge in [-0.1, -0.05) is 0 Å². The van der Waals surface area contributed by atoms with Gasteiger partial charge in [0.05, 0.1) is 20.6 Å². The van der Waals surface area contributed by atoms with Crippen molar-refractivity contribution >= 4 is 17.2 Å². The van der Waals surface area contributed by atoms with Crippen molar-refractivity contribution in [1.82, 2.24) is 9.80 Å². The molecule has 1 aliphatic rings. The van der Waals surface area contributed by atoms with Crippen LogP contribution in [-0.2, 0) is 17.8 Å². The molecule has 0 aliphatic carbocycles. The minimum absolute atomic E-state index is 0.219. The van der Waals surface area contributed by atoms with Gasteiger partial charge in [0.15, 0.2) is 0 Å². The number of thiophene rings is 1. The van der Waals surface area contributed by atoms with E-state index in [1.54, 1.807) is 25.6 Å². The lowest BCUT2D eigenvalue weighted by molar-refractivity contribution is -0.132. The predicted octanol–water partition coefficient (Wildman–Crippen LogP) is 2.65. The summed E-state index contributed by atoms with van der Waals surface area (Å²) in [6.45, 7) is 4.09. The second-order valence-corrected chi connectivity index (χ2v) is 6.92. The molecule has 1 aliphatic heterocycles. The normalized spacial score (nSPS) is 15.2. The maximum atomic E-state index is 12.4. The molecule has 1 aromatic carbocycles. The van der Waals surface area contributed by atoms with Gasteiger partial charge in [-0.15, -0.1) is 0 Å². The summed E-state index contributed by atoms with van der Waals surface area (Å²) in [5, 5.41) is 4.06. The minimum Gasteiger partial charge on any atom is -0.497 e. The average Bonchev–Trinajstić information content (AvgIpc) is 3.15. The van der Waals surface area contributed by atoms with Gasteiger partial charge in [-0.3, -0.25) is 9.69 Å². The summed E-state index contributed by atoms with van der Waals surface area (Å²) in [6.07, 6.45) is 0.507. The molecular formula is C19H24N2O3S. The number of piperazine rings is 1. The van der Waals surface area contributed by atoms with Crippen molar-refractivity contribution in [1.29, 1.82) is 0 Å². The summed E-state index contributed by atoms with van der Waals surface area (Å²) in [5.74, 6) is 1.93. The standard InChI is InChI=1S/C19H24N2O3S/c1-23-17-3-4-18(24-2)16(12-17)13-20-6-8-21(9-7-20)19(22)11-15-5-10-25-14-15/h3-5,10,12,14H,6-9,11,13H2,1-2H3. The topological polar surface area (TPSA) is 42.0 Å². The summed E-state index contributed by atoms with van der Waals surface area (Å²) in [6, 6.07) is 7.89. The summed E-state index contributed by atoms with van der Waals surface area (Å²) in [4.78, 5) is 16.7. The van der Waals surface area contributed by atoms with Crippen LogP contribution in [0.4, 0.5) is 0 Å². The van der Waals surface area contributed by atoms with Gasteiger partial charge in [-0.25, -0.2) is 0 Å². The van der Waals surface area contributed by atoms with Crippen LogP contribution in [0, 0.1) is 0 Å². The highest BCUT2D eigenvalue weighted by molar-refractivity contribution is 7.08. The van der Waals surface area contributed by atoms with E-state index in [1.807, 2.05) is 39.9 Å². The van der Waals surface area contributed by atoms with Gasteiger partial charge in [0.2, 0.25) is 5.91 Å². The smallest absolute Gasteiger partial charge is 0.227 e. The van der Waals surface area contributed by atoms with E-state index in [2.05, 4.69) is 4.90 Å². The second kappa shape index (κ2) is 8.36. The Balaban J connectivity index is 1.55. The number of hydrogen-bond acceptors (Lipinski definition) is 5. The number of carbonyl (C=O) groups is 1. The molecule has 0 unspecified atom stereocenters. The van der Waals surface area contributed by atoms with Crippen LogP contribution < -0.4 is 9.47 Å². The van der Waals surface area contributed by atoms with E-state index in [0.29, 0.717) is 6.42 Å². The highest BCUT2D eigenvalue weighted by Crippen LogP contribution is 2.25. The lowest BCUT2D eigenvalue weighted by atomic mass is 10.1. The Bertz CT molecular complexity index is 695. The van der Waals surface area contributed by atoms with Crippen LogP contribution in [0.2, 0.25) is 0 Å². The van der Waals surface area contributed by atoms with E-state index in [-0.39, 0.29) is 5.91 Å². The third-order valence-electron chi connectivity index (χ3n) is 4.54. The van der Waals surface area contributed by atoms with Crippen LogP contribution >= 0.6 is 11.3 Å². The number of amides is 1. The highest BCUT2D eigenvalue weighted by atomic mass is 32.1. The molecule has 3 rings (SSSR count). The van der Waals surface area contributed by atoms with Crippen molar-refractivity contribution in [2.45, 2.75) is 13.0 Å². The predicted molar refractivity (Wildman–Crippen MR) is 99.4 cm³/mol. The Morgan fingerprint density at radius 3 is 2.56 bits per heavy atom. The molecule has 0 N–H and O–H groups in total. The number of carbonyl (C=O) groups excluding carboxylic acids is 1. The Morgan fingerprint density at radius 2 is 1.92 bits per heavy atom. The summed E-state index contributed by atoms with van der Waals surface area (Å²) >= 11 is 1.64. The molecule has 1 saturated heterocycles. The quantitative estimate of drug-likeness (QED) is 0.794. The largest absolute Gasteiger partial charge is 0.497 e. The Kier molecular flexibility index (Phi) is 5.94. The van der Waals surface area contributed by atoms with E-state index in [9.17, 15) is 4.79 Å². The van der Waals surface area contributed by atoms with Crippen molar-refractivity contribution in [3.05, 3.63) is 46.2 Å². The molecular weight excluding hydrogens is 336 g/mol. The Morgan fingerprint density at radius 1 is 1.12 bits per heavy atom. The fourth-order valence-electron chi connectivity index (χ4n) is 3.08. The zero-order valence-electron chi connectivity index (χ0n) is 14.7. The maximum Gasteiger partial charge on any atom is 0.227 e. The molecule has 0 bridgehead atoms. The van der Waals surface area contributed by atoms with E-state index in [0.717, 1.165) is 55.3 Å². The summed E-state index contributed by atoms with van der Waals surface area (Å²) in [7, 11) is 3.36. The highest BCUT2D eigenvalue weighted by Gasteiger charge is 2.22. The molecule has 1 aromatic heterocycles.